The number of carbonyl (C=O) groups excluding carboxylic acids is 1. The van der Waals surface area contributed by atoms with E-state index in [4.69, 9.17) is 5.73 Å². The van der Waals surface area contributed by atoms with E-state index in [1.807, 2.05) is 4.90 Å². The van der Waals surface area contributed by atoms with Gasteiger partial charge in [0.05, 0.1) is 0 Å². The summed E-state index contributed by atoms with van der Waals surface area (Å²) in [5.74, 6) is 0.532. The minimum Gasteiger partial charge on any atom is -0.508 e. The summed E-state index contributed by atoms with van der Waals surface area (Å²) in [5, 5.41) is 9.18. The second-order valence-corrected chi connectivity index (χ2v) is 4.73. The van der Waals surface area contributed by atoms with Gasteiger partial charge in [0.2, 0.25) is 0 Å². The van der Waals surface area contributed by atoms with Gasteiger partial charge in [0.1, 0.15) is 5.75 Å². The van der Waals surface area contributed by atoms with Crippen molar-refractivity contribution in [1.29, 1.82) is 0 Å². The molecule has 1 amide bonds. The zero-order valence-electron chi connectivity index (χ0n) is 9.97. The van der Waals surface area contributed by atoms with E-state index in [1.165, 1.54) is 12.1 Å². The predicted octanol–water partition coefficient (Wildman–Crippen LogP) is 1.20. The Bertz CT molecular complexity index is 402. The first kappa shape index (κ1) is 11.9. The summed E-state index contributed by atoms with van der Waals surface area (Å²) in [5.41, 5.74) is 6.54. The molecule has 3 N–H and O–H groups in total. The highest BCUT2D eigenvalue weighted by atomic mass is 16.3. The molecule has 2 rings (SSSR count). The number of benzene rings is 1. The zero-order valence-corrected chi connectivity index (χ0v) is 9.97. The van der Waals surface area contributed by atoms with Crippen molar-refractivity contribution < 1.29 is 9.90 Å². The smallest absolute Gasteiger partial charge is 0.253 e. The van der Waals surface area contributed by atoms with Gasteiger partial charge in [-0.3, -0.25) is 4.79 Å². The molecule has 17 heavy (non-hydrogen) atoms. The summed E-state index contributed by atoms with van der Waals surface area (Å²) in [4.78, 5) is 14.0. The van der Waals surface area contributed by atoms with Crippen LogP contribution in [0, 0.1) is 5.92 Å². The standard InChI is InChI=1S/C13H18N2O2/c1-9-8-15(7-6-12(9)14)13(17)10-2-4-11(16)5-3-10/h2-5,9,12,16H,6-8,14H2,1H3. The monoisotopic (exact) mass is 234 g/mol. The Morgan fingerprint density at radius 1 is 1.41 bits per heavy atom. The van der Waals surface area contributed by atoms with E-state index in [1.54, 1.807) is 12.1 Å². The first-order chi connectivity index (χ1) is 8.08. The van der Waals surface area contributed by atoms with Crippen molar-refractivity contribution in [3.8, 4) is 5.75 Å². The van der Waals surface area contributed by atoms with Crippen molar-refractivity contribution in [2.45, 2.75) is 19.4 Å². The third-order valence-electron chi connectivity index (χ3n) is 3.37. The number of rotatable bonds is 1. The van der Waals surface area contributed by atoms with Gasteiger partial charge in [0.25, 0.3) is 5.91 Å². The van der Waals surface area contributed by atoms with Crippen LogP contribution in [0.25, 0.3) is 0 Å². The molecule has 4 nitrogen and oxygen atoms in total. The summed E-state index contributed by atoms with van der Waals surface area (Å²) < 4.78 is 0. The van der Waals surface area contributed by atoms with Crippen molar-refractivity contribution in [2.24, 2.45) is 11.7 Å². The third-order valence-corrected chi connectivity index (χ3v) is 3.37. The molecular formula is C13H18N2O2. The number of hydrogen-bond donors (Lipinski definition) is 2. The molecule has 1 aromatic rings. The lowest BCUT2D eigenvalue weighted by Gasteiger charge is -2.35. The van der Waals surface area contributed by atoms with Crippen molar-refractivity contribution >= 4 is 5.91 Å². The van der Waals surface area contributed by atoms with Crippen LogP contribution in [-0.2, 0) is 0 Å². The van der Waals surface area contributed by atoms with Gasteiger partial charge in [-0.05, 0) is 36.6 Å². The fourth-order valence-corrected chi connectivity index (χ4v) is 2.13. The molecule has 0 spiro atoms. The first-order valence-corrected chi connectivity index (χ1v) is 5.92. The van der Waals surface area contributed by atoms with E-state index < -0.39 is 0 Å². The van der Waals surface area contributed by atoms with Crippen molar-refractivity contribution in [2.75, 3.05) is 13.1 Å². The Hall–Kier alpha value is -1.55. The molecule has 4 heteroatoms. The number of aromatic hydroxyl groups is 1. The number of phenols is 1. The first-order valence-electron chi connectivity index (χ1n) is 5.92. The summed E-state index contributed by atoms with van der Waals surface area (Å²) >= 11 is 0. The number of hydrogen-bond acceptors (Lipinski definition) is 3. The lowest BCUT2D eigenvalue weighted by atomic mass is 9.94. The maximum atomic E-state index is 12.2. The minimum atomic E-state index is 0.0174. The maximum absolute atomic E-state index is 12.2. The molecule has 0 radical (unpaired) electrons. The van der Waals surface area contributed by atoms with Crippen LogP contribution in [0.3, 0.4) is 0 Å². The van der Waals surface area contributed by atoms with Crippen LogP contribution in [0.1, 0.15) is 23.7 Å². The topological polar surface area (TPSA) is 66.6 Å². The highest BCUT2D eigenvalue weighted by molar-refractivity contribution is 5.94. The Morgan fingerprint density at radius 2 is 2.06 bits per heavy atom. The number of likely N-dealkylation sites (tertiary alicyclic amines) is 1. The zero-order chi connectivity index (χ0) is 12.4. The largest absolute Gasteiger partial charge is 0.508 e. The summed E-state index contributed by atoms with van der Waals surface area (Å²) in [6, 6.07) is 6.56. The molecule has 1 aliphatic rings. The minimum absolute atomic E-state index is 0.0174. The number of phenolic OH excluding ortho intramolecular Hbond substituents is 1. The van der Waals surface area contributed by atoms with Crippen LogP contribution in [0.5, 0.6) is 5.75 Å². The molecule has 0 aliphatic carbocycles. The number of nitrogens with zero attached hydrogens (tertiary/aromatic N) is 1. The van der Waals surface area contributed by atoms with Gasteiger partial charge in [0.15, 0.2) is 0 Å². The fraction of sp³-hybridized carbons (Fsp3) is 0.462. The van der Waals surface area contributed by atoms with E-state index >= 15 is 0 Å². The van der Waals surface area contributed by atoms with Crippen LogP contribution in [-0.4, -0.2) is 35.0 Å². The van der Waals surface area contributed by atoms with E-state index in [0.717, 1.165) is 6.42 Å². The molecule has 2 atom stereocenters. The molecule has 0 aromatic heterocycles. The third kappa shape index (κ3) is 2.58. The lowest BCUT2D eigenvalue weighted by Crippen LogP contribution is -2.48. The Balaban J connectivity index is 2.08. The van der Waals surface area contributed by atoms with E-state index in [-0.39, 0.29) is 17.7 Å². The number of piperidine rings is 1. The van der Waals surface area contributed by atoms with Crippen molar-refractivity contribution in [1.82, 2.24) is 4.90 Å². The molecule has 2 unspecified atom stereocenters. The summed E-state index contributed by atoms with van der Waals surface area (Å²) in [6.07, 6.45) is 0.852. The molecule has 1 heterocycles. The highest BCUT2D eigenvalue weighted by Gasteiger charge is 2.26. The van der Waals surface area contributed by atoms with E-state index in [9.17, 15) is 9.90 Å². The second kappa shape index (κ2) is 4.75. The van der Waals surface area contributed by atoms with Crippen LogP contribution in [0.2, 0.25) is 0 Å². The van der Waals surface area contributed by atoms with Crippen LogP contribution in [0.4, 0.5) is 0 Å². The summed E-state index contributed by atoms with van der Waals surface area (Å²) in [7, 11) is 0. The van der Waals surface area contributed by atoms with Gasteiger partial charge in [-0.2, -0.15) is 0 Å². The van der Waals surface area contributed by atoms with Crippen LogP contribution in [0.15, 0.2) is 24.3 Å². The van der Waals surface area contributed by atoms with Gasteiger partial charge < -0.3 is 15.7 Å². The Kier molecular flexibility index (Phi) is 3.33. The molecular weight excluding hydrogens is 216 g/mol. The van der Waals surface area contributed by atoms with Crippen molar-refractivity contribution in [3.63, 3.8) is 0 Å². The van der Waals surface area contributed by atoms with Gasteiger partial charge in [-0.25, -0.2) is 0 Å². The van der Waals surface area contributed by atoms with Crippen LogP contribution < -0.4 is 5.73 Å². The van der Waals surface area contributed by atoms with Gasteiger partial charge in [-0.1, -0.05) is 6.92 Å². The molecule has 1 aliphatic heterocycles. The molecule has 0 bridgehead atoms. The van der Waals surface area contributed by atoms with E-state index in [0.29, 0.717) is 24.6 Å². The number of nitrogens with two attached hydrogens (primary N) is 1. The fourth-order valence-electron chi connectivity index (χ4n) is 2.13. The number of amides is 1. The molecule has 92 valence electrons. The lowest BCUT2D eigenvalue weighted by molar-refractivity contribution is 0.0664. The second-order valence-electron chi connectivity index (χ2n) is 4.73. The van der Waals surface area contributed by atoms with Gasteiger partial charge in [-0.15, -0.1) is 0 Å². The van der Waals surface area contributed by atoms with Crippen molar-refractivity contribution in [3.05, 3.63) is 29.8 Å². The average molecular weight is 234 g/mol. The molecule has 1 aromatic carbocycles. The van der Waals surface area contributed by atoms with Gasteiger partial charge >= 0.3 is 0 Å². The maximum Gasteiger partial charge on any atom is 0.253 e. The average Bonchev–Trinajstić information content (AvgIpc) is 2.33. The highest BCUT2D eigenvalue weighted by Crippen LogP contribution is 2.18. The molecule has 0 saturated carbocycles. The SMILES string of the molecule is CC1CN(C(=O)c2ccc(O)cc2)CCC1N. The van der Waals surface area contributed by atoms with Crippen LogP contribution >= 0.6 is 0 Å². The molecule has 1 fully saturated rings. The Morgan fingerprint density at radius 3 is 2.65 bits per heavy atom. The van der Waals surface area contributed by atoms with Gasteiger partial charge in [0, 0.05) is 24.7 Å². The number of carbonyl (C=O) groups is 1. The summed E-state index contributed by atoms with van der Waals surface area (Å²) in [6.45, 7) is 3.49. The normalized spacial score (nSPS) is 24.7. The predicted molar refractivity (Wildman–Crippen MR) is 65.8 cm³/mol. The Labute approximate surface area is 101 Å². The molecule has 1 saturated heterocycles. The van der Waals surface area contributed by atoms with E-state index in [2.05, 4.69) is 6.92 Å². The quantitative estimate of drug-likeness (QED) is 0.767.